The molecule has 2 heterocycles. The number of nitrogens with zero attached hydrogens (tertiary/aromatic N) is 1. The number of carbonyl (C=O) groups is 1. The summed E-state index contributed by atoms with van der Waals surface area (Å²) in [5, 5.41) is 6.27. The highest BCUT2D eigenvalue weighted by Gasteiger charge is 2.13. The molecule has 0 aliphatic carbocycles. The van der Waals surface area contributed by atoms with Crippen LogP contribution in [0.3, 0.4) is 0 Å². The fourth-order valence-electron chi connectivity index (χ4n) is 1.07. The summed E-state index contributed by atoms with van der Waals surface area (Å²) in [5.41, 5.74) is 0.439. The van der Waals surface area contributed by atoms with Gasteiger partial charge in [-0.25, -0.2) is 0 Å². The van der Waals surface area contributed by atoms with Crippen molar-refractivity contribution in [2.24, 2.45) is 0 Å². The van der Waals surface area contributed by atoms with E-state index in [9.17, 15) is 4.79 Å². The first-order valence-electron chi connectivity index (χ1n) is 3.88. The van der Waals surface area contributed by atoms with Crippen molar-refractivity contribution in [2.75, 3.05) is 0 Å². The average molecular weight is 176 g/mol. The fourth-order valence-corrected chi connectivity index (χ4v) is 1.07. The van der Waals surface area contributed by atoms with Gasteiger partial charge in [-0.2, -0.15) is 5.10 Å². The lowest BCUT2D eigenvalue weighted by atomic mass is 10.2. The summed E-state index contributed by atoms with van der Waals surface area (Å²) in [6.45, 7) is 1.80. The molecule has 2 rings (SSSR count). The van der Waals surface area contributed by atoms with Gasteiger partial charge in [-0.3, -0.25) is 9.89 Å². The minimum Gasteiger partial charge on any atom is -0.458 e. The van der Waals surface area contributed by atoms with Crippen LogP contribution >= 0.6 is 0 Å². The molecule has 0 aliphatic rings. The molecule has 2 aromatic rings. The van der Waals surface area contributed by atoms with Crippen LogP contribution < -0.4 is 0 Å². The standard InChI is InChI=1S/C9H8N2O2/c1-6-2-3-8(13-6)9(12)7-4-5-10-11-7/h2-5H,1H3,(H,10,11). The third-order valence-corrected chi connectivity index (χ3v) is 1.71. The van der Waals surface area contributed by atoms with Gasteiger partial charge in [-0.1, -0.05) is 0 Å². The number of furan rings is 1. The van der Waals surface area contributed by atoms with E-state index in [0.29, 0.717) is 11.5 Å². The van der Waals surface area contributed by atoms with Crippen LogP contribution in [-0.2, 0) is 0 Å². The molecular formula is C9H8N2O2. The molecule has 0 aliphatic heterocycles. The summed E-state index contributed by atoms with van der Waals surface area (Å²) in [6, 6.07) is 5.02. The van der Waals surface area contributed by atoms with E-state index in [0.717, 1.165) is 5.76 Å². The van der Waals surface area contributed by atoms with Crippen LogP contribution in [0.25, 0.3) is 0 Å². The molecule has 0 spiro atoms. The smallest absolute Gasteiger partial charge is 0.245 e. The third kappa shape index (κ3) is 1.38. The molecule has 0 unspecified atom stereocenters. The van der Waals surface area contributed by atoms with Crippen LogP contribution in [0.2, 0.25) is 0 Å². The van der Waals surface area contributed by atoms with Crippen molar-refractivity contribution in [1.82, 2.24) is 10.2 Å². The monoisotopic (exact) mass is 176 g/mol. The zero-order valence-corrected chi connectivity index (χ0v) is 7.07. The number of ketones is 1. The normalized spacial score (nSPS) is 10.2. The van der Waals surface area contributed by atoms with Crippen molar-refractivity contribution in [2.45, 2.75) is 6.92 Å². The first-order chi connectivity index (χ1) is 6.27. The Morgan fingerprint density at radius 2 is 2.31 bits per heavy atom. The Labute approximate surface area is 74.6 Å². The lowest BCUT2D eigenvalue weighted by Gasteiger charge is -1.90. The van der Waals surface area contributed by atoms with Gasteiger partial charge in [0.15, 0.2) is 5.76 Å². The number of nitrogens with one attached hydrogen (secondary N) is 1. The molecule has 0 saturated carbocycles. The molecule has 0 atom stereocenters. The van der Waals surface area contributed by atoms with E-state index < -0.39 is 0 Å². The van der Waals surface area contributed by atoms with Crippen LogP contribution in [0.4, 0.5) is 0 Å². The maximum absolute atomic E-state index is 11.6. The number of hydrogen-bond acceptors (Lipinski definition) is 3. The van der Waals surface area contributed by atoms with Crippen LogP contribution in [0, 0.1) is 6.92 Å². The maximum Gasteiger partial charge on any atom is 0.245 e. The Hall–Kier alpha value is -1.84. The van der Waals surface area contributed by atoms with E-state index in [-0.39, 0.29) is 5.78 Å². The third-order valence-electron chi connectivity index (χ3n) is 1.71. The van der Waals surface area contributed by atoms with Gasteiger partial charge in [0.05, 0.1) is 0 Å². The van der Waals surface area contributed by atoms with Crippen molar-refractivity contribution in [3.63, 3.8) is 0 Å². The Balaban J connectivity index is 2.33. The van der Waals surface area contributed by atoms with Gasteiger partial charge in [-0.15, -0.1) is 0 Å². The molecule has 13 heavy (non-hydrogen) atoms. The maximum atomic E-state index is 11.6. The predicted octanol–water partition coefficient (Wildman–Crippen LogP) is 1.54. The molecule has 0 aromatic carbocycles. The van der Waals surface area contributed by atoms with E-state index in [1.165, 1.54) is 6.20 Å². The predicted molar refractivity (Wildman–Crippen MR) is 45.5 cm³/mol. The Morgan fingerprint density at radius 3 is 2.85 bits per heavy atom. The number of hydrogen-bond donors (Lipinski definition) is 1. The number of carbonyl (C=O) groups excluding carboxylic acids is 1. The number of rotatable bonds is 2. The number of H-pyrrole nitrogens is 1. The quantitative estimate of drug-likeness (QED) is 0.706. The molecule has 1 N–H and O–H groups in total. The van der Waals surface area contributed by atoms with Crippen molar-refractivity contribution in [3.05, 3.63) is 41.6 Å². The highest BCUT2D eigenvalue weighted by molar-refractivity contribution is 6.05. The second-order valence-electron chi connectivity index (χ2n) is 2.71. The molecule has 0 bridgehead atoms. The molecule has 2 aromatic heterocycles. The Morgan fingerprint density at radius 1 is 1.46 bits per heavy atom. The minimum atomic E-state index is -0.175. The van der Waals surface area contributed by atoms with Crippen molar-refractivity contribution >= 4 is 5.78 Å². The molecule has 66 valence electrons. The molecule has 0 saturated heterocycles. The summed E-state index contributed by atoms with van der Waals surface area (Å²) < 4.78 is 5.17. The molecule has 0 amide bonds. The minimum absolute atomic E-state index is 0.175. The van der Waals surface area contributed by atoms with Crippen molar-refractivity contribution in [3.8, 4) is 0 Å². The van der Waals surface area contributed by atoms with E-state index in [4.69, 9.17) is 4.42 Å². The van der Waals surface area contributed by atoms with Gasteiger partial charge in [0.25, 0.3) is 0 Å². The van der Waals surface area contributed by atoms with Crippen LogP contribution in [0.15, 0.2) is 28.8 Å². The summed E-state index contributed by atoms with van der Waals surface area (Å²) in [5.74, 6) is 0.884. The largest absolute Gasteiger partial charge is 0.458 e. The molecule has 4 heteroatoms. The number of aromatic nitrogens is 2. The first-order valence-corrected chi connectivity index (χ1v) is 3.88. The van der Waals surface area contributed by atoms with E-state index in [2.05, 4.69) is 10.2 Å². The lowest BCUT2D eigenvalue weighted by molar-refractivity contribution is 0.100. The van der Waals surface area contributed by atoms with Crippen molar-refractivity contribution in [1.29, 1.82) is 0 Å². The topological polar surface area (TPSA) is 58.9 Å². The zero-order chi connectivity index (χ0) is 9.26. The summed E-state index contributed by atoms with van der Waals surface area (Å²) in [4.78, 5) is 11.6. The van der Waals surface area contributed by atoms with Crippen LogP contribution in [0.5, 0.6) is 0 Å². The lowest BCUT2D eigenvalue weighted by Crippen LogP contribution is -1.99. The number of aromatic amines is 1. The highest BCUT2D eigenvalue weighted by atomic mass is 16.3. The summed E-state index contributed by atoms with van der Waals surface area (Å²) in [7, 11) is 0. The Kier molecular flexibility index (Phi) is 1.73. The van der Waals surface area contributed by atoms with E-state index in [1.54, 1.807) is 25.1 Å². The van der Waals surface area contributed by atoms with Crippen molar-refractivity contribution < 1.29 is 9.21 Å². The Bertz CT molecular complexity index is 415. The average Bonchev–Trinajstić information content (AvgIpc) is 2.72. The van der Waals surface area contributed by atoms with Gasteiger partial charge in [0.1, 0.15) is 11.5 Å². The first kappa shape index (κ1) is 7.79. The second kappa shape index (κ2) is 2.90. The highest BCUT2D eigenvalue weighted by Crippen LogP contribution is 2.10. The molecular weight excluding hydrogens is 168 g/mol. The number of aryl methyl sites for hydroxylation is 1. The van der Waals surface area contributed by atoms with E-state index in [1.807, 2.05) is 0 Å². The van der Waals surface area contributed by atoms with Gasteiger partial charge in [-0.05, 0) is 25.1 Å². The summed E-state index contributed by atoms with van der Waals surface area (Å²) in [6.07, 6.45) is 1.53. The molecule has 0 radical (unpaired) electrons. The second-order valence-corrected chi connectivity index (χ2v) is 2.71. The SMILES string of the molecule is Cc1ccc(C(=O)c2ccn[nH]2)o1. The molecule has 0 fully saturated rings. The van der Waals surface area contributed by atoms with Gasteiger partial charge >= 0.3 is 0 Å². The van der Waals surface area contributed by atoms with Crippen LogP contribution in [0.1, 0.15) is 22.0 Å². The van der Waals surface area contributed by atoms with Gasteiger partial charge in [0.2, 0.25) is 5.78 Å². The van der Waals surface area contributed by atoms with Crippen LogP contribution in [-0.4, -0.2) is 16.0 Å². The zero-order valence-electron chi connectivity index (χ0n) is 7.07. The van der Waals surface area contributed by atoms with E-state index >= 15 is 0 Å². The van der Waals surface area contributed by atoms with Gasteiger partial charge in [0, 0.05) is 6.20 Å². The molecule has 4 nitrogen and oxygen atoms in total. The fraction of sp³-hybridized carbons (Fsp3) is 0.111. The van der Waals surface area contributed by atoms with Gasteiger partial charge < -0.3 is 4.42 Å². The summed E-state index contributed by atoms with van der Waals surface area (Å²) >= 11 is 0.